The van der Waals surface area contributed by atoms with Gasteiger partial charge in [-0.2, -0.15) is 0 Å². The Morgan fingerprint density at radius 2 is 1.81 bits per heavy atom. The van der Waals surface area contributed by atoms with E-state index in [-0.39, 0.29) is 22.0 Å². The summed E-state index contributed by atoms with van der Waals surface area (Å²) in [5.74, 6) is -2.02. The molecule has 0 aliphatic carbocycles. The molecule has 0 saturated carbocycles. The number of rotatable bonds is 6. The summed E-state index contributed by atoms with van der Waals surface area (Å²) < 4.78 is 13.3. The molecular weight excluding hydrogens is 437 g/mol. The second-order valence-electron chi connectivity index (χ2n) is 6.81. The summed E-state index contributed by atoms with van der Waals surface area (Å²) in [5, 5.41) is 16.1. The number of carbonyl (C=O) groups excluding carboxylic acids is 2. The fourth-order valence-electron chi connectivity index (χ4n) is 2.84. The van der Waals surface area contributed by atoms with Crippen molar-refractivity contribution >= 4 is 40.9 Å². The van der Waals surface area contributed by atoms with Gasteiger partial charge in [-0.1, -0.05) is 35.9 Å². The smallest absolute Gasteiger partial charge is 0.272 e. The molecule has 0 unspecified atom stereocenters. The van der Waals surface area contributed by atoms with Crippen LogP contribution in [0, 0.1) is 22.9 Å². The van der Waals surface area contributed by atoms with Crippen LogP contribution in [0.3, 0.4) is 0 Å². The summed E-state index contributed by atoms with van der Waals surface area (Å²) in [5.41, 5.74) is 1.33. The Hall–Kier alpha value is -4.04. The van der Waals surface area contributed by atoms with E-state index in [4.69, 9.17) is 11.6 Å². The number of carbonyl (C=O) groups is 2. The molecule has 32 heavy (non-hydrogen) atoms. The van der Waals surface area contributed by atoms with E-state index in [1.165, 1.54) is 30.3 Å². The van der Waals surface area contributed by atoms with E-state index in [1.807, 2.05) is 13.0 Å². The van der Waals surface area contributed by atoms with Crippen LogP contribution in [0.5, 0.6) is 0 Å². The Morgan fingerprint density at radius 3 is 2.50 bits per heavy atom. The molecule has 0 saturated heterocycles. The first-order valence-corrected chi connectivity index (χ1v) is 9.71. The van der Waals surface area contributed by atoms with Gasteiger partial charge in [-0.05, 0) is 54.5 Å². The van der Waals surface area contributed by atoms with Gasteiger partial charge in [-0.25, -0.2) is 4.39 Å². The zero-order valence-electron chi connectivity index (χ0n) is 16.8. The molecule has 3 rings (SSSR count). The third-order valence-electron chi connectivity index (χ3n) is 4.34. The highest BCUT2D eigenvalue weighted by Gasteiger charge is 2.18. The van der Waals surface area contributed by atoms with Gasteiger partial charge in [0.2, 0.25) is 0 Å². The number of halogens is 2. The van der Waals surface area contributed by atoms with Crippen LogP contribution in [-0.4, -0.2) is 16.7 Å². The van der Waals surface area contributed by atoms with Crippen molar-refractivity contribution in [1.82, 2.24) is 5.32 Å². The van der Waals surface area contributed by atoms with E-state index < -0.39 is 22.6 Å². The van der Waals surface area contributed by atoms with Crippen LogP contribution in [0.25, 0.3) is 6.08 Å². The van der Waals surface area contributed by atoms with Crippen LogP contribution in [0.1, 0.15) is 21.5 Å². The molecule has 2 amide bonds. The molecule has 0 aromatic heterocycles. The van der Waals surface area contributed by atoms with E-state index in [9.17, 15) is 24.1 Å². The summed E-state index contributed by atoms with van der Waals surface area (Å²) in [4.78, 5) is 36.1. The molecule has 0 radical (unpaired) electrons. The van der Waals surface area contributed by atoms with Crippen LogP contribution in [0.15, 0.2) is 72.4 Å². The molecular formula is C23H17ClFN3O4. The standard InChI is InChI=1S/C23H17ClFN3O4/c1-14-4-2-6-17(10-14)26-23(30)21(12-15-5-3-7-18(11-15)28(31)32)27-22(29)19-9-8-16(25)13-20(19)24/h2-13H,1H3,(H,26,30)(H,27,29). The minimum atomic E-state index is -0.744. The van der Waals surface area contributed by atoms with E-state index in [0.717, 1.165) is 17.7 Å². The second-order valence-corrected chi connectivity index (χ2v) is 7.22. The third kappa shape index (κ3) is 5.77. The maximum Gasteiger partial charge on any atom is 0.272 e. The summed E-state index contributed by atoms with van der Waals surface area (Å²) in [6.45, 7) is 1.85. The molecule has 0 aliphatic heterocycles. The molecule has 0 bridgehead atoms. The molecule has 0 spiro atoms. The van der Waals surface area contributed by atoms with Crippen LogP contribution in [0.4, 0.5) is 15.8 Å². The number of nitro groups is 1. The predicted molar refractivity (Wildman–Crippen MR) is 120 cm³/mol. The first kappa shape index (κ1) is 22.6. The Bertz CT molecular complexity index is 1240. The lowest BCUT2D eigenvalue weighted by Crippen LogP contribution is -2.31. The number of nitrogens with zero attached hydrogens (tertiary/aromatic N) is 1. The first-order valence-electron chi connectivity index (χ1n) is 9.33. The number of aryl methyl sites for hydroxylation is 1. The lowest BCUT2D eigenvalue weighted by molar-refractivity contribution is -0.384. The minimum absolute atomic E-state index is 0.0404. The summed E-state index contributed by atoms with van der Waals surface area (Å²) >= 11 is 5.95. The largest absolute Gasteiger partial charge is 0.321 e. The highest BCUT2D eigenvalue weighted by atomic mass is 35.5. The van der Waals surface area contributed by atoms with Gasteiger partial charge < -0.3 is 10.6 Å². The van der Waals surface area contributed by atoms with E-state index >= 15 is 0 Å². The Morgan fingerprint density at radius 1 is 1.06 bits per heavy atom. The lowest BCUT2D eigenvalue weighted by atomic mass is 10.1. The van der Waals surface area contributed by atoms with Gasteiger partial charge in [0.25, 0.3) is 17.5 Å². The molecule has 0 atom stereocenters. The fourth-order valence-corrected chi connectivity index (χ4v) is 3.09. The zero-order valence-corrected chi connectivity index (χ0v) is 17.5. The number of benzene rings is 3. The predicted octanol–water partition coefficient (Wildman–Crippen LogP) is 5.11. The van der Waals surface area contributed by atoms with Gasteiger partial charge >= 0.3 is 0 Å². The first-order chi connectivity index (χ1) is 15.2. The second kappa shape index (κ2) is 9.84. The van der Waals surface area contributed by atoms with Crippen LogP contribution in [-0.2, 0) is 4.79 Å². The number of anilines is 1. The highest BCUT2D eigenvalue weighted by molar-refractivity contribution is 6.34. The van der Waals surface area contributed by atoms with E-state index in [0.29, 0.717) is 11.3 Å². The zero-order chi connectivity index (χ0) is 23.3. The number of hydrogen-bond donors (Lipinski definition) is 2. The molecule has 9 heteroatoms. The van der Waals surface area contributed by atoms with Gasteiger partial charge in [0, 0.05) is 17.8 Å². The third-order valence-corrected chi connectivity index (χ3v) is 4.65. The molecule has 0 aliphatic rings. The molecule has 2 N–H and O–H groups in total. The van der Waals surface area contributed by atoms with Crippen molar-refractivity contribution in [1.29, 1.82) is 0 Å². The van der Waals surface area contributed by atoms with Crippen molar-refractivity contribution in [2.45, 2.75) is 6.92 Å². The van der Waals surface area contributed by atoms with E-state index in [2.05, 4.69) is 10.6 Å². The molecule has 0 fully saturated rings. The molecule has 0 heterocycles. The summed E-state index contributed by atoms with van der Waals surface area (Å²) in [6, 6.07) is 15.8. The van der Waals surface area contributed by atoms with Crippen LogP contribution >= 0.6 is 11.6 Å². The number of non-ortho nitro benzene ring substituents is 1. The van der Waals surface area contributed by atoms with Crippen molar-refractivity contribution in [3.05, 3.63) is 110 Å². The van der Waals surface area contributed by atoms with Crippen molar-refractivity contribution in [3.8, 4) is 0 Å². The van der Waals surface area contributed by atoms with Crippen LogP contribution < -0.4 is 10.6 Å². The lowest BCUT2D eigenvalue weighted by Gasteiger charge is -2.12. The maximum absolute atomic E-state index is 13.3. The Balaban J connectivity index is 1.96. The molecule has 3 aromatic carbocycles. The quantitative estimate of drug-likeness (QED) is 0.308. The highest BCUT2D eigenvalue weighted by Crippen LogP contribution is 2.20. The SMILES string of the molecule is Cc1cccc(NC(=O)C(=Cc2cccc([N+](=O)[O-])c2)NC(=O)c2ccc(F)cc2Cl)c1. The average Bonchev–Trinajstić information content (AvgIpc) is 2.73. The average molecular weight is 454 g/mol. The number of hydrogen-bond acceptors (Lipinski definition) is 4. The van der Waals surface area contributed by atoms with Crippen molar-refractivity contribution in [2.75, 3.05) is 5.32 Å². The van der Waals surface area contributed by atoms with Crippen molar-refractivity contribution in [3.63, 3.8) is 0 Å². The number of nitro benzene ring substituents is 1. The molecule has 7 nitrogen and oxygen atoms in total. The molecule has 162 valence electrons. The fraction of sp³-hybridized carbons (Fsp3) is 0.0435. The van der Waals surface area contributed by atoms with Gasteiger partial charge in [0.05, 0.1) is 15.5 Å². The van der Waals surface area contributed by atoms with Gasteiger partial charge in [0.1, 0.15) is 11.5 Å². The summed E-state index contributed by atoms with van der Waals surface area (Å²) in [7, 11) is 0. The van der Waals surface area contributed by atoms with Gasteiger partial charge in [-0.3, -0.25) is 19.7 Å². The van der Waals surface area contributed by atoms with Crippen LogP contribution in [0.2, 0.25) is 5.02 Å². The molecule has 3 aromatic rings. The van der Waals surface area contributed by atoms with Gasteiger partial charge in [0.15, 0.2) is 0 Å². The number of amides is 2. The van der Waals surface area contributed by atoms with E-state index in [1.54, 1.807) is 24.3 Å². The summed E-state index contributed by atoms with van der Waals surface area (Å²) in [6.07, 6.45) is 1.30. The minimum Gasteiger partial charge on any atom is -0.321 e. The Kier molecular flexibility index (Phi) is 6.97. The normalized spacial score (nSPS) is 11.0. The van der Waals surface area contributed by atoms with Crippen molar-refractivity contribution in [2.24, 2.45) is 0 Å². The Labute approximate surface area is 187 Å². The number of nitrogens with one attached hydrogen (secondary N) is 2. The van der Waals surface area contributed by atoms with Crippen molar-refractivity contribution < 1.29 is 18.9 Å². The monoisotopic (exact) mass is 453 g/mol. The maximum atomic E-state index is 13.3. The topological polar surface area (TPSA) is 101 Å². The van der Waals surface area contributed by atoms with Gasteiger partial charge in [-0.15, -0.1) is 0 Å².